The molecule has 1 atom stereocenters. The summed E-state index contributed by atoms with van der Waals surface area (Å²) in [7, 11) is -1.51. The van der Waals surface area contributed by atoms with Gasteiger partial charge in [0.05, 0.1) is 4.90 Å². The third-order valence-corrected chi connectivity index (χ3v) is 5.29. The third kappa shape index (κ3) is 3.94. The molecule has 0 amide bonds. The molecule has 1 aliphatic rings. The Morgan fingerprint density at radius 2 is 2.20 bits per heavy atom. The van der Waals surface area contributed by atoms with Crippen molar-refractivity contribution in [1.29, 1.82) is 0 Å². The number of nitrogens with zero attached hydrogens (tertiary/aromatic N) is 1. The second kappa shape index (κ2) is 6.43. The molecule has 5 nitrogen and oxygen atoms in total. The summed E-state index contributed by atoms with van der Waals surface area (Å²) in [5, 5.41) is 8.48. The van der Waals surface area contributed by atoms with Gasteiger partial charge in [0.15, 0.2) is 0 Å². The van der Waals surface area contributed by atoms with Crippen LogP contribution in [0.3, 0.4) is 0 Å². The molecule has 112 valence electrons. The fourth-order valence-corrected chi connectivity index (χ4v) is 3.66. The first-order chi connectivity index (χ1) is 9.38. The Morgan fingerprint density at radius 1 is 1.45 bits per heavy atom. The van der Waals surface area contributed by atoms with Gasteiger partial charge in [-0.2, -0.15) is 0 Å². The predicted molar refractivity (Wildman–Crippen MR) is 84.3 cm³/mol. The molecule has 0 bridgehead atoms. The van der Waals surface area contributed by atoms with Crippen LogP contribution in [-0.4, -0.2) is 39.5 Å². The van der Waals surface area contributed by atoms with Gasteiger partial charge in [0.1, 0.15) is 0 Å². The largest absolute Gasteiger partial charge is 0.383 e. The number of nitrogens with two attached hydrogens (primary N) is 1. The zero-order chi connectivity index (χ0) is 14.8. The number of anilines is 1. The molecule has 7 heteroatoms. The van der Waals surface area contributed by atoms with Crippen LogP contribution in [-0.2, 0) is 10.0 Å². The van der Waals surface area contributed by atoms with Crippen LogP contribution in [0.4, 0.5) is 5.69 Å². The maximum absolute atomic E-state index is 11.3. The van der Waals surface area contributed by atoms with Crippen molar-refractivity contribution in [3.8, 4) is 0 Å². The maximum Gasteiger partial charge on any atom is 0.238 e. The van der Waals surface area contributed by atoms with Gasteiger partial charge < -0.3 is 10.2 Å². The van der Waals surface area contributed by atoms with Crippen molar-refractivity contribution in [2.24, 2.45) is 5.14 Å². The minimum atomic E-state index is -3.65. The molecule has 0 saturated carbocycles. The Kier molecular flexibility index (Phi) is 5.06. The lowest BCUT2D eigenvalue weighted by atomic mass is 10.0. The van der Waals surface area contributed by atoms with E-state index in [4.69, 9.17) is 5.14 Å². The Bertz CT molecular complexity index is 577. The number of halogens is 1. The van der Waals surface area contributed by atoms with Crippen LogP contribution in [0.25, 0.3) is 0 Å². The minimum Gasteiger partial charge on any atom is -0.383 e. The number of benzene rings is 1. The van der Waals surface area contributed by atoms with Crippen molar-refractivity contribution in [1.82, 2.24) is 4.90 Å². The van der Waals surface area contributed by atoms with Crippen LogP contribution in [0, 0.1) is 0 Å². The topological polar surface area (TPSA) is 75.4 Å². The molecule has 20 heavy (non-hydrogen) atoms. The van der Waals surface area contributed by atoms with E-state index in [1.807, 2.05) is 0 Å². The summed E-state index contributed by atoms with van der Waals surface area (Å²) in [6.07, 6.45) is 3.72. The summed E-state index contributed by atoms with van der Waals surface area (Å²) in [6.45, 7) is 1.99. The molecule has 1 aromatic carbocycles. The van der Waals surface area contributed by atoms with E-state index in [2.05, 4.69) is 33.2 Å². The van der Waals surface area contributed by atoms with E-state index in [0.29, 0.717) is 10.5 Å². The summed E-state index contributed by atoms with van der Waals surface area (Å²) in [5.74, 6) is 0. The Hall–Kier alpha value is -0.630. The minimum absolute atomic E-state index is 0.115. The molecule has 2 rings (SSSR count). The van der Waals surface area contributed by atoms with Gasteiger partial charge in [-0.05, 0) is 60.6 Å². The molecular weight excluding hydrogens is 342 g/mol. The average Bonchev–Trinajstić information content (AvgIpc) is 2.38. The molecule has 0 radical (unpaired) electrons. The molecule has 1 unspecified atom stereocenters. The molecule has 1 aromatic rings. The number of hydrogen-bond acceptors (Lipinski definition) is 4. The standard InChI is InChI=1S/C13H20BrN3O2S/c1-17-7-3-2-4-10(17)9-16-13-6-5-11(8-12(13)14)20(15,18)19/h5-6,8,10,16H,2-4,7,9H2,1H3,(H2,15,18,19). The van der Waals surface area contributed by atoms with E-state index in [9.17, 15) is 8.42 Å². The van der Waals surface area contributed by atoms with Crippen LogP contribution in [0.1, 0.15) is 19.3 Å². The monoisotopic (exact) mass is 361 g/mol. The summed E-state index contributed by atoms with van der Waals surface area (Å²) in [5.41, 5.74) is 0.886. The summed E-state index contributed by atoms with van der Waals surface area (Å²) in [4.78, 5) is 2.48. The molecule has 3 N–H and O–H groups in total. The van der Waals surface area contributed by atoms with Crippen LogP contribution in [0.5, 0.6) is 0 Å². The first-order valence-corrected chi connectivity index (χ1v) is 8.98. The number of rotatable bonds is 4. The lowest BCUT2D eigenvalue weighted by Crippen LogP contribution is -2.40. The predicted octanol–water partition coefficient (Wildman–Crippen LogP) is 1.99. The second-order valence-electron chi connectivity index (χ2n) is 5.20. The molecule has 1 aliphatic heterocycles. The number of likely N-dealkylation sites (N-methyl/N-ethyl adjacent to an activating group) is 1. The van der Waals surface area contributed by atoms with Crippen molar-refractivity contribution < 1.29 is 8.42 Å². The quantitative estimate of drug-likeness (QED) is 0.859. The van der Waals surface area contributed by atoms with E-state index >= 15 is 0 Å². The number of piperidine rings is 1. The van der Waals surface area contributed by atoms with Crippen molar-refractivity contribution in [2.45, 2.75) is 30.2 Å². The van der Waals surface area contributed by atoms with Crippen LogP contribution < -0.4 is 10.5 Å². The van der Waals surface area contributed by atoms with E-state index < -0.39 is 10.0 Å². The number of sulfonamides is 1. The highest BCUT2D eigenvalue weighted by Gasteiger charge is 2.19. The van der Waals surface area contributed by atoms with E-state index in [1.165, 1.54) is 31.4 Å². The molecule has 1 fully saturated rings. The molecule has 0 spiro atoms. The fourth-order valence-electron chi connectivity index (χ4n) is 2.45. The van der Waals surface area contributed by atoms with Crippen LogP contribution in [0.15, 0.2) is 27.6 Å². The SMILES string of the molecule is CN1CCCCC1CNc1ccc(S(N)(=O)=O)cc1Br. The maximum atomic E-state index is 11.3. The van der Waals surface area contributed by atoms with E-state index in [0.717, 1.165) is 18.8 Å². The number of likely N-dealkylation sites (tertiary alicyclic amines) is 1. The highest BCUT2D eigenvalue weighted by Crippen LogP contribution is 2.26. The molecule has 1 heterocycles. The van der Waals surface area contributed by atoms with Gasteiger partial charge in [-0.3, -0.25) is 0 Å². The van der Waals surface area contributed by atoms with Crippen LogP contribution in [0.2, 0.25) is 0 Å². The zero-order valence-electron chi connectivity index (χ0n) is 11.5. The summed E-state index contributed by atoms with van der Waals surface area (Å²) in [6, 6.07) is 5.32. The average molecular weight is 362 g/mol. The smallest absolute Gasteiger partial charge is 0.238 e. The van der Waals surface area contributed by atoms with Gasteiger partial charge in [0.25, 0.3) is 0 Å². The van der Waals surface area contributed by atoms with Gasteiger partial charge in [-0.15, -0.1) is 0 Å². The highest BCUT2D eigenvalue weighted by molar-refractivity contribution is 9.10. The van der Waals surface area contributed by atoms with Gasteiger partial charge in [0.2, 0.25) is 10.0 Å². The molecule has 1 saturated heterocycles. The Morgan fingerprint density at radius 3 is 2.80 bits per heavy atom. The summed E-state index contributed by atoms with van der Waals surface area (Å²) < 4.78 is 23.3. The van der Waals surface area contributed by atoms with E-state index in [-0.39, 0.29) is 4.90 Å². The van der Waals surface area contributed by atoms with Gasteiger partial charge in [-0.1, -0.05) is 6.42 Å². The molecule has 0 aromatic heterocycles. The number of nitrogens with one attached hydrogen (secondary N) is 1. The lowest BCUT2D eigenvalue weighted by molar-refractivity contribution is 0.194. The van der Waals surface area contributed by atoms with Crippen molar-refractivity contribution in [3.05, 3.63) is 22.7 Å². The molecule has 0 aliphatic carbocycles. The van der Waals surface area contributed by atoms with Gasteiger partial charge >= 0.3 is 0 Å². The first-order valence-electron chi connectivity index (χ1n) is 6.64. The third-order valence-electron chi connectivity index (χ3n) is 3.72. The van der Waals surface area contributed by atoms with Crippen molar-refractivity contribution >= 4 is 31.6 Å². The summed E-state index contributed by atoms with van der Waals surface area (Å²) >= 11 is 3.38. The van der Waals surface area contributed by atoms with Crippen LogP contribution >= 0.6 is 15.9 Å². The van der Waals surface area contributed by atoms with E-state index in [1.54, 1.807) is 6.07 Å². The fraction of sp³-hybridized carbons (Fsp3) is 0.538. The number of primary sulfonamides is 1. The Labute approximate surface area is 128 Å². The van der Waals surface area contributed by atoms with Gasteiger partial charge in [-0.25, -0.2) is 13.6 Å². The number of hydrogen-bond donors (Lipinski definition) is 2. The van der Waals surface area contributed by atoms with Crippen molar-refractivity contribution in [2.75, 3.05) is 25.5 Å². The highest BCUT2D eigenvalue weighted by atomic mass is 79.9. The Balaban J connectivity index is 2.03. The zero-order valence-corrected chi connectivity index (χ0v) is 13.9. The van der Waals surface area contributed by atoms with Gasteiger partial charge in [0, 0.05) is 22.7 Å². The molecular formula is C13H20BrN3O2S. The second-order valence-corrected chi connectivity index (χ2v) is 7.61. The lowest BCUT2D eigenvalue weighted by Gasteiger charge is -2.32. The normalized spacial score (nSPS) is 20.9. The first kappa shape index (κ1) is 15.8. The van der Waals surface area contributed by atoms with Crippen molar-refractivity contribution in [3.63, 3.8) is 0 Å².